The largest absolute Gasteiger partial charge is 0.481 e. The van der Waals surface area contributed by atoms with Crippen molar-refractivity contribution in [3.63, 3.8) is 0 Å². The molecule has 1 saturated heterocycles. The lowest BCUT2D eigenvalue weighted by atomic mass is 10.1. The Hall–Kier alpha value is -4.36. The number of aliphatic hydroxyl groups is 3. The SMILES string of the molecule is CC/C=C\C/C=C\C/C=C\C/C=C\C=C\C(O)CCCC(=O)OC[C@H](COP(=O)(O)OP(=O)(O)OC[C@H]1O[C@@H](n2ccc(N)nc2=O)[C@H](O)[C@@H]1O)OC(=O)CCCCCCC/C=C\C/C=C\C/C=C\CC. The van der Waals surface area contributed by atoms with Crippen LogP contribution >= 0.6 is 15.6 Å². The first kappa shape index (κ1) is 62.8. The molecule has 0 aromatic carbocycles. The van der Waals surface area contributed by atoms with Crippen LogP contribution in [0.2, 0.25) is 0 Å². The number of phosphoric ester groups is 2. The maximum absolute atomic E-state index is 12.8. The van der Waals surface area contributed by atoms with Crippen molar-refractivity contribution in [1.29, 1.82) is 0 Å². The third kappa shape index (κ3) is 30.3. The molecule has 398 valence electrons. The van der Waals surface area contributed by atoms with Crippen LogP contribution < -0.4 is 11.4 Å². The van der Waals surface area contributed by atoms with Crippen LogP contribution in [0.3, 0.4) is 0 Å². The lowest BCUT2D eigenvalue weighted by molar-refractivity contribution is -0.161. The third-order valence-electron chi connectivity index (χ3n) is 10.3. The van der Waals surface area contributed by atoms with E-state index in [1.807, 2.05) is 18.2 Å². The quantitative estimate of drug-likeness (QED) is 0.0119. The first-order valence-corrected chi connectivity index (χ1v) is 27.3. The van der Waals surface area contributed by atoms with Crippen molar-refractivity contribution < 1.29 is 71.4 Å². The Morgan fingerprint density at radius 2 is 1.31 bits per heavy atom. The zero-order valence-electron chi connectivity index (χ0n) is 41.1. The van der Waals surface area contributed by atoms with Gasteiger partial charge in [-0.25, -0.2) is 13.9 Å². The smallest absolute Gasteiger partial charge is 0.462 e. The molecule has 7 N–H and O–H groups in total. The predicted octanol–water partition coefficient (Wildman–Crippen LogP) is 8.63. The molecule has 0 aliphatic carbocycles. The fraction of sp³-hybridized carbons (Fsp3) is 0.560. The number of phosphoric acid groups is 2. The first-order valence-electron chi connectivity index (χ1n) is 24.4. The number of anilines is 1. The van der Waals surface area contributed by atoms with Gasteiger partial charge in [0.2, 0.25) is 0 Å². The van der Waals surface area contributed by atoms with Gasteiger partial charge < -0.3 is 45.1 Å². The first-order chi connectivity index (χ1) is 34.1. The van der Waals surface area contributed by atoms with Gasteiger partial charge in [0.15, 0.2) is 12.3 Å². The normalized spacial score (nSPS) is 20.4. The number of hydrogen-bond donors (Lipinski definition) is 6. The summed E-state index contributed by atoms with van der Waals surface area (Å²) < 4.78 is 56.5. The molecule has 1 fully saturated rings. The zero-order chi connectivity index (χ0) is 52.2. The van der Waals surface area contributed by atoms with Crippen LogP contribution in [0.15, 0.2) is 114 Å². The predicted molar refractivity (Wildman–Crippen MR) is 271 cm³/mol. The van der Waals surface area contributed by atoms with Crippen LogP contribution in [0.1, 0.15) is 129 Å². The standard InChI is InChI=1S/C50H77N3O16P2/c1-3-5-7-9-11-13-15-17-18-20-22-24-26-28-30-34-46(56)67-42(38-64-45(55)35-31-33-41(54)32-29-27-25-23-21-19-16-14-12-10-8-6-4-2)39-65-70(60,61)69-71(62,63)66-40-43-47(57)48(58)49(68-43)53-37-36-44(51)52-50(53)59/h5-8,11-14,17-19,21,25,27,29,32,36-37,41-43,47-49,54,57-58H,3-4,9-10,15-16,20,22-24,26,28,30-31,33-35,38-40H2,1-2H3,(H,60,61)(H,62,63)(H2,51,52,59)/b7-5-,8-6-,13-11-,14-12-,18-17-,21-19-,27-25-,32-29+/t41?,42-,43-,47-,48-,49-/m1/s1. The highest BCUT2D eigenvalue weighted by Gasteiger charge is 2.46. The summed E-state index contributed by atoms with van der Waals surface area (Å²) in [6, 6.07) is 1.23. The molecule has 0 bridgehead atoms. The number of allylic oxidation sites excluding steroid dienone is 15. The highest BCUT2D eigenvalue weighted by Crippen LogP contribution is 2.60. The van der Waals surface area contributed by atoms with Gasteiger partial charge in [0.25, 0.3) is 0 Å². The van der Waals surface area contributed by atoms with Crippen molar-refractivity contribution in [2.45, 2.75) is 160 Å². The monoisotopic (exact) mass is 1040 g/mol. The fourth-order valence-corrected chi connectivity index (χ4v) is 8.64. The van der Waals surface area contributed by atoms with E-state index in [2.05, 4.69) is 90.0 Å². The number of nitrogens with two attached hydrogens (primary N) is 1. The average molecular weight is 1040 g/mol. The Labute approximate surface area is 418 Å². The maximum Gasteiger partial charge on any atom is 0.481 e. The summed E-state index contributed by atoms with van der Waals surface area (Å²) in [5.41, 5.74) is 4.56. The number of esters is 2. The van der Waals surface area contributed by atoms with Gasteiger partial charge in [-0.1, -0.05) is 130 Å². The summed E-state index contributed by atoms with van der Waals surface area (Å²) in [5, 5.41) is 31.2. The summed E-state index contributed by atoms with van der Waals surface area (Å²) in [5.74, 6) is -1.54. The maximum atomic E-state index is 12.8. The number of unbranched alkanes of at least 4 members (excludes halogenated alkanes) is 5. The number of nitrogen functional groups attached to an aromatic ring is 1. The van der Waals surface area contributed by atoms with Gasteiger partial charge in [-0.05, 0) is 83.1 Å². The molecular weight excluding hydrogens is 961 g/mol. The molecule has 8 atom stereocenters. The Morgan fingerprint density at radius 3 is 1.94 bits per heavy atom. The highest BCUT2D eigenvalue weighted by molar-refractivity contribution is 7.61. The highest BCUT2D eigenvalue weighted by atomic mass is 31.3. The molecule has 1 aliphatic heterocycles. The van der Waals surface area contributed by atoms with Gasteiger partial charge in [0, 0.05) is 19.0 Å². The number of aromatic nitrogens is 2. The summed E-state index contributed by atoms with van der Waals surface area (Å²) >= 11 is 0. The van der Waals surface area contributed by atoms with Crippen LogP contribution in [0, 0.1) is 0 Å². The van der Waals surface area contributed by atoms with Gasteiger partial charge in [-0.15, -0.1) is 0 Å². The van der Waals surface area contributed by atoms with E-state index in [0.717, 1.165) is 87.8 Å². The molecule has 19 nitrogen and oxygen atoms in total. The van der Waals surface area contributed by atoms with Crippen molar-refractivity contribution in [2.24, 2.45) is 0 Å². The molecular formula is C50H77N3O16P2. The second-order valence-electron chi connectivity index (χ2n) is 16.4. The van der Waals surface area contributed by atoms with E-state index >= 15 is 0 Å². The van der Waals surface area contributed by atoms with Gasteiger partial charge in [-0.3, -0.25) is 23.2 Å². The van der Waals surface area contributed by atoms with E-state index < -0.39 is 89.8 Å². The molecule has 71 heavy (non-hydrogen) atoms. The Balaban J connectivity index is 1.88. The lowest BCUT2D eigenvalue weighted by Gasteiger charge is -2.21. The van der Waals surface area contributed by atoms with Crippen LogP contribution in [0.4, 0.5) is 5.82 Å². The number of rotatable bonds is 38. The van der Waals surface area contributed by atoms with Crippen molar-refractivity contribution in [3.8, 4) is 0 Å². The second-order valence-corrected chi connectivity index (χ2v) is 19.4. The number of carbonyl (C=O) groups is 2. The van der Waals surface area contributed by atoms with Crippen molar-refractivity contribution in [3.05, 3.63) is 120 Å². The molecule has 2 heterocycles. The van der Waals surface area contributed by atoms with Crippen molar-refractivity contribution >= 4 is 33.4 Å². The van der Waals surface area contributed by atoms with Gasteiger partial charge in [0.1, 0.15) is 30.7 Å². The number of carbonyl (C=O) groups excluding carboxylic acids is 2. The summed E-state index contributed by atoms with van der Waals surface area (Å²) in [6.45, 7) is 1.69. The van der Waals surface area contributed by atoms with Crippen LogP contribution in [-0.2, 0) is 46.3 Å². The molecule has 0 radical (unpaired) electrons. The van der Waals surface area contributed by atoms with Crippen molar-refractivity contribution in [2.75, 3.05) is 25.6 Å². The molecule has 2 rings (SSSR count). The summed E-state index contributed by atoms with van der Waals surface area (Å²) in [4.78, 5) is 61.9. The molecule has 0 amide bonds. The Bertz CT molecular complexity index is 2080. The molecule has 1 aromatic heterocycles. The average Bonchev–Trinajstić information content (AvgIpc) is 3.60. The molecule has 1 aromatic rings. The van der Waals surface area contributed by atoms with Crippen LogP contribution in [-0.4, -0.2) is 96.9 Å². The van der Waals surface area contributed by atoms with E-state index in [1.165, 1.54) is 6.07 Å². The van der Waals surface area contributed by atoms with Gasteiger partial charge in [-0.2, -0.15) is 9.29 Å². The van der Waals surface area contributed by atoms with Crippen LogP contribution in [0.25, 0.3) is 0 Å². The molecule has 3 unspecified atom stereocenters. The third-order valence-corrected chi connectivity index (χ3v) is 12.9. The minimum atomic E-state index is -5.47. The molecule has 0 spiro atoms. The minimum Gasteiger partial charge on any atom is -0.462 e. The Kier molecular flexibility index (Phi) is 33.1. The van der Waals surface area contributed by atoms with E-state index in [1.54, 1.807) is 12.2 Å². The zero-order valence-corrected chi connectivity index (χ0v) is 42.9. The summed E-state index contributed by atoms with van der Waals surface area (Å²) in [7, 11) is -10.9. The van der Waals surface area contributed by atoms with Crippen molar-refractivity contribution in [1.82, 2.24) is 9.55 Å². The molecule has 1 aliphatic rings. The number of ether oxygens (including phenoxy) is 3. The van der Waals surface area contributed by atoms with Crippen LogP contribution in [0.5, 0.6) is 0 Å². The molecule has 21 heteroatoms. The van der Waals surface area contributed by atoms with E-state index in [0.29, 0.717) is 6.42 Å². The van der Waals surface area contributed by atoms with E-state index in [9.17, 15) is 48.6 Å². The topological polar surface area (TPSA) is 286 Å². The number of nitrogens with zero attached hydrogens (tertiary/aromatic N) is 2. The Morgan fingerprint density at radius 1 is 0.746 bits per heavy atom. The fourth-order valence-electron chi connectivity index (χ4n) is 6.53. The number of hydrogen-bond acceptors (Lipinski definition) is 16. The number of aliphatic hydroxyl groups excluding tert-OH is 3. The second kappa shape index (κ2) is 37.4. The summed E-state index contributed by atoms with van der Waals surface area (Å²) in [6.07, 6.45) is 36.6. The van der Waals surface area contributed by atoms with Gasteiger partial charge in [0.05, 0.1) is 19.3 Å². The van der Waals surface area contributed by atoms with E-state index in [-0.39, 0.29) is 31.5 Å². The van der Waals surface area contributed by atoms with E-state index in [4.69, 9.17) is 29.0 Å². The van der Waals surface area contributed by atoms with Gasteiger partial charge >= 0.3 is 33.3 Å². The minimum absolute atomic E-state index is 0.0163. The molecule has 0 saturated carbocycles. The lowest BCUT2D eigenvalue weighted by Crippen LogP contribution is -2.36.